The third-order valence-corrected chi connectivity index (χ3v) is 7.31. The van der Waals surface area contributed by atoms with E-state index in [0.717, 1.165) is 19.3 Å². The van der Waals surface area contributed by atoms with Crippen molar-refractivity contribution in [1.29, 1.82) is 0 Å². The van der Waals surface area contributed by atoms with Crippen molar-refractivity contribution in [2.75, 3.05) is 31.7 Å². The molecule has 0 aliphatic heterocycles. The normalized spacial score (nSPS) is 11.9. The van der Waals surface area contributed by atoms with Crippen LogP contribution in [0.25, 0.3) is 0 Å². The standard InChI is InChI=1S/C35H41NO9/c1-5-9-17-43-32-27-28(31(40)26-24(38)16-15-23(37)25(26)30(27)39)33(44-18-10-6-2)34(45-19-11-7-3)29(32)36-22-14-12-13-21(20-22)35(41)42-8-4/h12-16,20,36-38H,5-11,17-19H2,1-4H3. The highest BCUT2D eigenvalue weighted by Gasteiger charge is 2.42. The number of aromatic hydroxyl groups is 2. The molecule has 0 heterocycles. The Labute approximate surface area is 263 Å². The summed E-state index contributed by atoms with van der Waals surface area (Å²) in [5.41, 5.74) is 0.170. The third kappa shape index (κ3) is 7.00. The van der Waals surface area contributed by atoms with E-state index >= 15 is 0 Å². The number of benzene rings is 3. The van der Waals surface area contributed by atoms with E-state index in [0.29, 0.717) is 30.5 Å². The lowest BCUT2D eigenvalue weighted by Crippen LogP contribution is -2.25. The summed E-state index contributed by atoms with van der Waals surface area (Å²) in [5, 5.41) is 24.7. The first-order valence-corrected chi connectivity index (χ1v) is 15.6. The summed E-state index contributed by atoms with van der Waals surface area (Å²) in [4.78, 5) is 41.0. The zero-order chi connectivity index (χ0) is 32.5. The van der Waals surface area contributed by atoms with Crippen molar-refractivity contribution in [2.45, 2.75) is 66.2 Å². The molecule has 1 aliphatic rings. The molecule has 0 spiro atoms. The number of carbonyl (C=O) groups excluding carboxylic acids is 3. The van der Waals surface area contributed by atoms with Crippen LogP contribution in [0.15, 0.2) is 36.4 Å². The number of fused-ring (bicyclic) bond motifs is 2. The van der Waals surface area contributed by atoms with Gasteiger partial charge in [0.05, 0.1) is 54.2 Å². The van der Waals surface area contributed by atoms with Gasteiger partial charge in [-0.1, -0.05) is 46.1 Å². The number of esters is 1. The summed E-state index contributed by atoms with van der Waals surface area (Å²) in [5.74, 6) is -2.54. The molecule has 0 saturated heterocycles. The maximum Gasteiger partial charge on any atom is 0.338 e. The molecule has 0 saturated carbocycles. The first-order chi connectivity index (χ1) is 21.8. The zero-order valence-electron chi connectivity index (χ0n) is 26.3. The van der Waals surface area contributed by atoms with E-state index in [-0.39, 0.29) is 71.6 Å². The van der Waals surface area contributed by atoms with Crippen LogP contribution in [-0.4, -0.2) is 54.2 Å². The quantitative estimate of drug-likeness (QED) is 0.0663. The lowest BCUT2D eigenvalue weighted by atomic mass is 9.81. The van der Waals surface area contributed by atoms with E-state index < -0.39 is 29.0 Å². The number of ketones is 2. The summed E-state index contributed by atoms with van der Waals surface area (Å²) in [6, 6.07) is 8.99. The summed E-state index contributed by atoms with van der Waals surface area (Å²) in [7, 11) is 0. The van der Waals surface area contributed by atoms with Crippen LogP contribution < -0.4 is 19.5 Å². The number of rotatable bonds is 16. The molecule has 0 atom stereocenters. The zero-order valence-corrected chi connectivity index (χ0v) is 26.3. The Balaban J connectivity index is 2.05. The molecule has 0 unspecified atom stereocenters. The number of carbonyl (C=O) groups is 3. The highest BCUT2D eigenvalue weighted by Crippen LogP contribution is 2.54. The number of hydrogen-bond acceptors (Lipinski definition) is 10. The molecule has 0 radical (unpaired) electrons. The van der Waals surface area contributed by atoms with Crippen LogP contribution in [0.3, 0.4) is 0 Å². The number of hydrogen-bond donors (Lipinski definition) is 3. The van der Waals surface area contributed by atoms with Gasteiger partial charge in [0, 0.05) is 5.69 Å². The lowest BCUT2D eigenvalue weighted by Gasteiger charge is -2.28. The van der Waals surface area contributed by atoms with Gasteiger partial charge in [-0.15, -0.1) is 0 Å². The average molecular weight is 620 g/mol. The molecular weight excluding hydrogens is 578 g/mol. The van der Waals surface area contributed by atoms with E-state index in [1.807, 2.05) is 20.8 Å². The maximum atomic E-state index is 14.3. The molecule has 240 valence electrons. The highest BCUT2D eigenvalue weighted by molar-refractivity contribution is 6.33. The Bertz CT molecular complexity index is 1560. The van der Waals surface area contributed by atoms with Gasteiger partial charge in [-0.2, -0.15) is 0 Å². The number of nitrogens with one attached hydrogen (secondary N) is 1. The minimum atomic E-state index is -0.705. The van der Waals surface area contributed by atoms with Gasteiger partial charge in [0.25, 0.3) is 0 Å². The topological polar surface area (TPSA) is 141 Å². The molecule has 1 aliphatic carbocycles. The largest absolute Gasteiger partial charge is 0.507 e. The Morgan fingerprint density at radius 3 is 1.73 bits per heavy atom. The predicted molar refractivity (Wildman–Crippen MR) is 170 cm³/mol. The molecule has 3 aromatic rings. The van der Waals surface area contributed by atoms with Gasteiger partial charge in [0.15, 0.2) is 17.2 Å². The van der Waals surface area contributed by atoms with Crippen LogP contribution in [-0.2, 0) is 4.74 Å². The molecular formula is C35H41NO9. The molecule has 0 amide bonds. The fourth-order valence-corrected chi connectivity index (χ4v) is 4.98. The third-order valence-electron chi connectivity index (χ3n) is 7.31. The van der Waals surface area contributed by atoms with Gasteiger partial charge in [-0.3, -0.25) is 9.59 Å². The summed E-state index contributed by atoms with van der Waals surface area (Å²) in [6.07, 6.45) is 4.45. The van der Waals surface area contributed by atoms with Crippen molar-refractivity contribution in [3.8, 4) is 28.7 Å². The second-order valence-corrected chi connectivity index (χ2v) is 10.7. The predicted octanol–water partition coefficient (Wildman–Crippen LogP) is 7.33. The van der Waals surface area contributed by atoms with Gasteiger partial charge in [0.1, 0.15) is 17.2 Å². The van der Waals surface area contributed by atoms with Crippen molar-refractivity contribution in [3.05, 3.63) is 64.2 Å². The van der Waals surface area contributed by atoms with Gasteiger partial charge in [0.2, 0.25) is 11.6 Å². The minimum Gasteiger partial charge on any atom is -0.507 e. The smallest absolute Gasteiger partial charge is 0.338 e. The monoisotopic (exact) mass is 619 g/mol. The summed E-state index contributed by atoms with van der Waals surface area (Å²) >= 11 is 0. The van der Waals surface area contributed by atoms with Gasteiger partial charge in [-0.25, -0.2) is 4.79 Å². The van der Waals surface area contributed by atoms with Crippen molar-refractivity contribution < 1.29 is 43.5 Å². The second kappa shape index (κ2) is 15.3. The van der Waals surface area contributed by atoms with Gasteiger partial charge < -0.3 is 34.5 Å². The van der Waals surface area contributed by atoms with E-state index in [2.05, 4.69) is 5.32 Å². The molecule has 0 bridgehead atoms. The summed E-state index contributed by atoms with van der Waals surface area (Å²) < 4.78 is 24.1. The maximum absolute atomic E-state index is 14.3. The average Bonchev–Trinajstić information content (AvgIpc) is 3.03. The number of phenols is 2. The van der Waals surface area contributed by atoms with E-state index in [1.165, 1.54) is 12.1 Å². The van der Waals surface area contributed by atoms with Crippen molar-refractivity contribution in [3.63, 3.8) is 0 Å². The molecule has 4 rings (SSSR count). The second-order valence-electron chi connectivity index (χ2n) is 10.7. The van der Waals surface area contributed by atoms with Crippen LogP contribution in [0.5, 0.6) is 28.7 Å². The van der Waals surface area contributed by atoms with Gasteiger partial charge >= 0.3 is 5.97 Å². The number of unbranched alkanes of at least 4 members (excludes halogenated alkanes) is 3. The first kappa shape index (κ1) is 33.2. The van der Waals surface area contributed by atoms with Crippen molar-refractivity contribution in [2.24, 2.45) is 0 Å². The Morgan fingerprint density at radius 1 is 0.689 bits per heavy atom. The Morgan fingerprint density at radius 2 is 1.20 bits per heavy atom. The van der Waals surface area contributed by atoms with Crippen molar-refractivity contribution >= 4 is 28.9 Å². The molecule has 10 heteroatoms. The molecule has 3 N–H and O–H groups in total. The van der Waals surface area contributed by atoms with Crippen LogP contribution >= 0.6 is 0 Å². The lowest BCUT2D eigenvalue weighted by molar-refractivity contribution is 0.0526. The molecule has 3 aromatic carbocycles. The Kier molecular flexibility index (Phi) is 11.3. The van der Waals surface area contributed by atoms with Gasteiger partial charge in [-0.05, 0) is 56.5 Å². The molecule has 0 fully saturated rings. The van der Waals surface area contributed by atoms with E-state index in [4.69, 9.17) is 18.9 Å². The fraction of sp³-hybridized carbons (Fsp3) is 0.400. The summed E-state index contributed by atoms with van der Waals surface area (Å²) in [6.45, 7) is 8.66. The van der Waals surface area contributed by atoms with Crippen molar-refractivity contribution in [1.82, 2.24) is 0 Å². The fourth-order valence-electron chi connectivity index (χ4n) is 4.98. The van der Waals surface area contributed by atoms with Crippen LogP contribution in [0.4, 0.5) is 11.4 Å². The van der Waals surface area contributed by atoms with Crippen LogP contribution in [0, 0.1) is 0 Å². The highest BCUT2D eigenvalue weighted by atomic mass is 16.5. The first-order valence-electron chi connectivity index (χ1n) is 15.6. The SMILES string of the molecule is CCCCOc1c(Nc2cccc(C(=O)OCC)c2)c(OCCCC)c2c(c1OCCCC)C(=O)c1c(O)ccc(O)c1C2=O. The number of anilines is 2. The molecule has 10 nitrogen and oxygen atoms in total. The number of ether oxygens (including phenoxy) is 4. The van der Waals surface area contributed by atoms with Crippen LogP contribution in [0.2, 0.25) is 0 Å². The minimum absolute atomic E-state index is 0.0354. The van der Waals surface area contributed by atoms with E-state index in [9.17, 15) is 24.6 Å². The molecule has 0 aromatic heterocycles. The van der Waals surface area contributed by atoms with Crippen LogP contribution in [0.1, 0.15) is 108 Å². The number of phenolic OH excluding ortho intramolecular Hbond substituents is 2. The Hall–Kier alpha value is -4.73. The molecule has 45 heavy (non-hydrogen) atoms. The van der Waals surface area contributed by atoms with E-state index in [1.54, 1.807) is 31.2 Å².